The maximum Gasteiger partial charge on any atom is 0.305 e. The van der Waals surface area contributed by atoms with Crippen molar-refractivity contribution < 1.29 is 19.7 Å². The van der Waals surface area contributed by atoms with Crippen LogP contribution in [-0.4, -0.2) is 36.5 Å². The van der Waals surface area contributed by atoms with Crippen LogP contribution in [0.2, 0.25) is 0 Å². The van der Waals surface area contributed by atoms with Gasteiger partial charge in [-0.05, 0) is 6.42 Å². The van der Waals surface area contributed by atoms with Crippen molar-refractivity contribution in [1.29, 1.82) is 0 Å². The van der Waals surface area contributed by atoms with Gasteiger partial charge in [0, 0.05) is 6.42 Å². The van der Waals surface area contributed by atoms with Crippen LogP contribution < -0.4 is 0 Å². The summed E-state index contributed by atoms with van der Waals surface area (Å²) in [4.78, 5) is 10.2. The van der Waals surface area contributed by atoms with Gasteiger partial charge in [0.2, 0.25) is 0 Å². The minimum absolute atomic E-state index is 0.123. The van der Waals surface area contributed by atoms with Crippen LogP contribution in [-0.2, 0) is 9.53 Å². The number of aliphatic hydroxyl groups excluding tert-OH is 2. The van der Waals surface area contributed by atoms with Gasteiger partial charge in [-0.1, -0.05) is 6.92 Å². The van der Waals surface area contributed by atoms with Gasteiger partial charge in [0.25, 0.3) is 0 Å². The molecule has 11 heavy (non-hydrogen) atoms. The second-order valence-electron chi connectivity index (χ2n) is 1.77. The van der Waals surface area contributed by atoms with Gasteiger partial charge in [-0.15, -0.1) is 0 Å². The molecule has 0 radical (unpaired) electrons. The van der Waals surface area contributed by atoms with Crippen molar-refractivity contribution in [3.63, 3.8) is 0 Å². The normalized spacial score (nSPS) is 8.00. The molecule has 4 heteroatoms. The van der Waals surface area contributed by atoms with Crippen LogP contribution in [0.1, 0.15) is 19.8 Å². The number of rotatable bonds is 3. The number of hydrogen-bond donors (Lipinski definition) is 2. The molecule has 0 aliphatic rings. The van der Waals surface area contributed by atoms with Gasteiger partial charge < -0.3 is 14.9 Å². The highest BCUT2D eigenvalue weighted by Crippen LogP contribution is 1.86. The highest BCUT2D eigenvalue weighted by atomic mass is 16.5. The first-order chi connectivity index (χ1) is 5.22. The Labute approximate surface area is 66.8 Å². The van der Waals surface area contributed by atoms with Crippen molar-refractivity contribution in [2.24, 2.45) is 0 Å². The molecule has 0 amide bonds. The van der Waals surface area contributed by atoms with E-state index in [4.69, 9.17) is 10.2 Å². The molecule has 0 unspecified atom stereocenters. The second kappa shape index (κ2) is 12.1. The van der Waals surface area contributed by atoms with Gasteiger partial charge in [-0.3, -0.25) is 4.79 Å². The Bertz CT molecular complexity index is 80.5. The molecule has 0 aliphatic carbocycles. The summed E-state index contributed by atoms with van der Waals surface area (Å²) in [6.45, 7) is 1.69. The summed E-state index contributed by atoms with van der Waals surface area (Å²) < 4.78 is 4.35. The maximum atomic E-state index is 10.2. The van der Waals surface area contributed by atoms with E-state index < -0.39 is 0 Å². The van der Waals surface area contributed by atoms with Crippen LogP contribution in [0.5, 0.6) is 0 Å². The summed E-state index contributed by atoms with van der Waals surface area (Å²) in [5, 5.41) is 15.2. The Balaban J connectivity index is 0. The van der Waals surface area contributed by atoms with Crippen molar-refractivity contribution in [2.45, 2.75) is 19.8 Å². The zero-order chi connectivity index (χ0) is 9.11. The fraction of sp³-hybridized carbons (Fsp3) is 0.857. The van der Waals surface area contributed by atoms with E-state index >= 15 is 0 Å². The molecular formula is C7H16O4. The van der Waals surface area contributed by atoms with E-state index in [1.165, 1.54) is 7.11 Å². The van der Waals surface area contributed by atoms with Gasteiger partial charge in [0.1, 0.15) is 0 Å². The molecule has 0 aromatic carbocycles. The van der Waals surface area contributed by atoms with Crippen LogP contribution >= 0.6 is 0 Å². The van der Waals surface area contributed by atoms with Crippen molar-refractivity contribution in [3.05, 3.63) is 0 Å². The molecule has 0 saturated carbocycles. The molecule has 0 bridgehead atoms. The zero-order valence-electron chi connectivity index (χ0n) is 7.04. The lowest BCUT2D eigenvalue weighted by Crippen LogP contribution is -1.97. The predicted octanol–water partition coefficient (Wildman–Crippen LogP) is -0.0695. The monoisotopic (exact) mass is 164 g/mol. The lowest BCUT2D eigenvalue weighted by molar-refractivity contribution is -0.140. The maximum absolute atomic E-state index is 10.2. The number of esters is 1. The van der Waals surface area contributed by atoms with Gasteiger partial charge in [-0.2, -0.15) is 0 Å². The third-order valence-electron chi connectivity index (χ3n) is 0.782. The Morgan fingerprint density at radius 1 is 1.36 bits per heavy atom. The molecule has 68 valence electrons. The lowest BCUT2D eigenvalue weighted by atomic mass is 10.3. The van der Waals surface area contributed by atoms with Crippen LogP contribution in [0.25, 0.3) is 0 Å². The number of ether oxygens (including phenoxy) is 1. The average Bonchev–Trinajstić information content (AvgIpc) is 2.05. The van der Waals surface area contributed by atoms with E-state index in [-0.39, 0.29) is 19.2 Å². The molecule has 0 fully saturated rings. The van der Waals surface area contributed by atoms with E-state index in [1.807, 2.05) is 6.92 Å². The molecule has 0 spiro atoms. The van der Waals surface area contributed by atoms with Crippen LogP contribution in [0, 0.1) is 0 Å². The summed E-state index contributed by atoms with van der Waals surface area (Å²) in [7, 11) is 1.40. The van der Waals surface area contributed by atoms with Crippen LogP contribution in [0.3, 0.4) is 0 Å². The van der Waals surface area contributed by atoms with Gasteiger partial charge in [0.15, 0.2) is 0 Å². The third-order valence-corrected chi connectivity index (χ3v) is 0.782. The number of methoxy groups -OCH3 is 1. The Hall–Kier alpha value is -0.610. The molecule has 2 N–H and O–H groups in total. The van der Waals surface area contributed by atoms with Crippen LogP contribution in [0.15, 0.2) is 0 Å². The van der Waals surface area contributed by atoms with Crippen molar-refractivity contribution in [1.82, 2.24) is 0 Å². The molecule has 0 saturated heterocycles. The molecule has 0 atom stereocenters. The van der Waals surface area contributed by atoms with Gasteiger partial charge in [0.05, 0.1) is 20.3 Å². The summed E-state index contributed by atoms with van der Waals surface area (Å²) in [6.07, 6.45) is 1.41. The largest absolute Gasteiger partial charge is 0.469 e. The Kier molecular flexibility index (Phi) is 14.3. The third kappa shape index (κ3) is 17.7. The molecule has 0 aromatic heterocycles. The fourth-order valence-corrected chi connectivity index (χ4v) is 0.306. The first-order valence-corrected chi connectivity index (χ1v) is 3.51. The van der Waals surface area contributed by atoms with Crippen molar-refractivity contribution in [3.8, 4) is 0 Å². The van der Waals surface area contributed by atoms with Crippen molar-refractivity contribution in [2.75, 3.05) is 20.3 Å². The standard InChI is InChI=1S/C5H10O2.C2H6O2/c1-3-4-5(6)7-2;3-1-2-4/h3-4H2,1-2H3;3-4H,1-2H2. The number of hydrogen-bond acceptors (Lipinski definition) is 4. The second-order valence-corrected chi connectivity index (χ2v) is 1.77. The SMILES string of the molecule is CCCC(=O)OC.OCCO. The first-order valence-electron chi connectivity index (χ1n) is 3.51. The molecule has 0 rings (SSSR count). The summed E-state index contributed by atoms with van der Waals surface area (Å²) in [6, 6.07) is 0. The van der Waals surface area contributed by atoms with E-state index in [2.05, 4.69) is 4.74 Å². The van der Waals surface area contributed by atoms with E-state index in [1.54, 1.807) is 0 Å². The Morgan fingerprint density at radius 2 is 1.82 bits per heavy atom. The molecule has 0 aromatic rings. The van der Waals surface area contributed by atoms with E-state index in [0.29, 0.717) is 6.42 Å². The van der Waals surface area contributed by atoms with Crippen molar-refractivity contribution >= 4 is 5.97 Å². The zero-order valence-corrected chi connectivity index (χ0v) is 7.04. The highest BCUT2D eigenvalue weighted by Gasteiger charge is 1.92. The van der Waals surface area contributed by atoms with E-state index in [0.717, 1.165) is 6.42 Å². The molecule has 0 aliphatic heterocycles. The lowest BCUT2D eigenvalue weighted by Gasteiger charge is -1.91. The predicted molar refractivity (Wildman–Crippen MR) is 41.1 cm³/mol. The minimum atomic E-state index is -0.125. The fourth-order valence-electron chi connectivity index (χ4n) is 0.306. The number of carbonyl (C=O) groups is 1. The highest BCUT2D eigenvalue weighted by molar-refractivity contribution is 5.68. The molecule has 4 nitrogen and oxygen atoms in total. The van der Waals surface area contributed by atoms with E-state index in [9.17, 15) is 4.79 Å². The quantitative estimate of drug-likeness (QED) is 0.573. The topological polar surface area (TPSA) is 66.8 Å². The summed E-state index contributed by atoms with van der Waals surface area (Å²) in [5.74, 6) is -0.123. The first kappa shape index (κ1) is 13.0. The molecular weight excluding hydrogens is 148 g/mol. The van der Waals surface area contributed by atoms with Gasteiger partial charge in [-0.25, -0.2) is 0 Å². The Morgan fingerprint density at radius 3 is 1.91 bits per heavy atom. The number of carbonyl (C=O) groups excluding carboxylic acids is 1. The number of aliphatic hydroxyl groups is 2. The summed E-state index contributed by atoms with van der Waals surface area (Å²) in [5.41, 5.74) is 0. The smallest absolute Gasteiger partial charge is 0.305 e. The average molecular weight is 164 g/mol. The summed E-state index contributed by atoms with van der Waals surface area (Å²) >= 11 is 0. The minimum Gasteiger partial charge on any atom is -0.469 e. The molecule has 0 heterocycles. The van der Waals surface area contributed by atoms with Crippen LogP contribution in [0.4, 0.5) is 0 Å². The van der Waals surface area contributed by atoms with Gasteiger partial charge >= 0.3 is 5.97 Å².